The average Bonchev–Trinajstić information content (AvgIpc) is 3.40. The molecule has 0 spiro atoms. The van der Waals surface area contributed by atoms with Crippen molar-refractivity contribution in [1.29, 1.82) is 0 Å². The molecule has 4 aromatic rings. The number of benzene rings is 2. The summed E-state index contributed by atoms with van der Waals surface area (Å²) in [6.07, 6.45) is 1.68. The predicted molar refractivity (Wildman–Crippen MR) is 132 cm³/mol. The van der Waals surface area contributed by atoms with E-state index in [1.807, 2.05) is 13.0 Å². The highest BCUT2D eigenvalue weighted by Gasteiger charge is 2.17. The molecule has 0 bridgehead atoms. The van der Waals surface area contributed by atoms with Crippen LogP contribution in [0.5, 0.6) is 5.75 Å². The normalized spacial score (nSPS) is 11.1. The summed E-state index contributed by atoms with van der Waals surface area (Å²) in [7, 11) is 0. The number of amides is 1. The Labute approximate surface area is 205 Å². The molecular weight excluding hydrogens is 501 g/mol. The number of ether oxygens (including phenoxy) is 1. The lowest BCUT2D eigenvalue weighted by Crippen LogP contribution is -2.12. The number of carbonyl (C=O) groups excluding carboxylic acids is 1. The zero-order valence-corrected chi connectivity index (χ0v) is 20.7. The minimum atomic E-state index is -0.443. The molecule has 34 heavy (non-hydrogen) atoms. The molecule has 0 aliphatic heterocycles. The van der Waals surface area contributed by atoms with Crippen molar-refractivity contribution in [2.45, 2.75) is 39.8 Å². The number of aryl methyl sites for hydroxylation is 1. The number of furan rings is 1. The number of aromatic nitrogens is 2. The van der Waals surface area contributed by atoms with Crippen LogP contribution < -0.4 is 10.1 Å². The molecule has 1 N–H and O–H groups in total. The van der Waals surface area contributed by atoms with Crippen molar-refractivity contribution in [2.75, 3.05) is 5.32 Å². The number of nitrogens with one attached hydrogen (secondary N) is 1. The van der Waals surface area contributed by atoms with Crippen LogP contribution in [0.4, 0.5) is 10.2 Å². The lowest BCUT2D eigenvalue weighted by atomic mass is 10.0. The quantitative estimate of drug-likeness (QED) is 0.278. The van der Waals surface area contributed by atoms with Gasteiger partial charge < -0.3 is 14.5 Å². The molecule has 0 aliphatic carbocycles. The van der Waals surface area contributed by atoms with Crippen molar-refractivity contribution in [3.63, 3.8) is 0 Å². The van der Waals surface area contributed by atoms with Gasteiger partial charge in [0, 0.05) is 11.8 Å². The maximum Gasteiger partial charge on any atom is 0.292 e. The molecule has 0 saturated heterocycles. The Morgan fingerprint density at radius 2 is 2.00 bits per heavy atom. The molecule has 4 rings (SSSR count). The van der Waals surface area contributed by atoms with Crippen LogP contribution in [-0.4, -0.2) is 15.7 Å². The molecule has 0 aliphatic rings. The van der Waals surface area contributed by atoms with E-state index in [1.165, 1.54) is 6.07 Å². The summed E-state index contributed by atoms with van der Waals surface area (Å²) in [6.45, 7) is 6.69. The van der Waals surface area contributed by atoms with Gasteiger partial charge in [-0.1, -0.05) is 44.2 Å². The van der Waals surface area contributed by atoms with Crippen LogP contribution in [0.3, 0.4) is 0 Å². The van der Waals surface area contributed by atoms with Crippen LogP contribution in [0, 0.1) is 12.7 Å². The molecule has 176 valence electrons. The minimum Gasteiger partial charge on any atom is -0.485 e. The lowest BCUT2D eigenvalue weighted by molar-refractivity contribution is 0.0992. The second-order valence-corrected chi connectivity index (χ2v) is 9.17. The van der Waals surface area contributed by atoms with Gasteiger partial charge in [-0.15, -0.1) is 0 Å². The van der Waals surface area contributed by atoms with Gasteiger partial charge in [-0.05, 0) is 64.2 Å². The first-order valence-corrected chi connectivity index (χ1v) is 11.7. The third-order valence-corrected chi connectivity index (χ3v) is 5.87. The van der Waals surface area contributed by atoms with Gasteiger partial charge >= 0.3 is 0 Å². The molecule has 0 unspecified atom stereocenters. The Balaban J connectivity index is 1.40. The molecule has 0 radical (unpaired) electrons. The number of hydrogen-bond acceptors (Lipinski definition) is 4. The van der Waals surface area contributed by atoms with E-state index in [0.717, 1.165) is 16.9 Å². The number of anilines is 1. The second-order valence-electron chi connectivity index (χ2n) is 8.32. The molecule has 0 fully saturated rings. The fourth-order valence-electron chi connectivity index (χ4n) is 3.50. The highest BCUT2D eigenvalue weighted by Crippen LogP contribution is 2.28. The largest absolute Gasteiger partial charge is 0.485 e. The van der Waals surface area contributed by atoms with Crippen molar-refractivity contribution >= 4 is 27.7 Å². The molecule has 1 amide bonds. The number of rotatable bonds is 8. The van der Waals surface area contributed by atoms with Gasteiger partial charge in [-0.25, -0.2) is 4.39 Å². The smallest absolute Gasteiger partial charge is 0.292 e. The molecule has 6 nitrogen and oxygen atoms in total. The maximum atomic E-state index is 13.9. The highest BCUT2D eigenvalue weighted by molar-refractivity contribution is 9.10. The summed E-state index contributed by atoms with van der Waals surface area (Å²) in [4.78, 5) is 12.7. The van der Waals surface area contributed by atoms with Crippen LogP contribution >= 0.6 is 15.9 Å². The van der Waals surface area contributed by atoms with Crippen LogP contribution in [0.2, 0.25) is 0 Å². The third kappa shape index (κ3) is 5.56. The Bertz CT molecular complexity index is 1310. The van der Waals surface area contributed by atoms with Crippen LogP contribution in [0.25, 0.3) is 0 Å². The van der Waals surface area contributed by atoms with Crippen molar-refractivity contribution in [1.82, 2.24) is 9.78 Å². The molecule has 0 atom stereocenters. The fraction of sp³-hybridized carbons (Fsp3) is 0.231. The topological polar surface area (TPSA) is 69.3 Å². The van der Waals surface area contributed by atoms with Crippen molar-refractivity contribution in [3.05, 3.63) is 99.3 Å². The van der Waals surface area contributed by atoms with E-state index in [0.29, 0.717) is 27.5 Å². The molecular formula is C26H25BrFN3O3. The van der Waals surface area contributed by atoms with Crippen LogP contribution in [-0.2, 0) is 13.2 Å². The van der Waals surface area contributed by atoms with Gasteiger partial charge in [0.05, 0.1) is 11.0 Å². The standard InChI is InChI=1S/C26H25BrFN3O3/c1-16(2)20-10-8-17(3)12-24(20)33-15-19-9-11-23(34-19)26(32)29-25-21(27)14-31(30-25)13-18-6-4-5-7-22(18)28/h4-12,14,16H,13,15H2,1-3H3,(H,29,30,32). The zero-order valence-electron chi connectivity index (χ0n) is 19.1. The summed E-state index contributed by atoms with van der Waals surface area (Å²) in [6, 6.07) is 15.9. The third-order valence-electron chi connectivity index (χ3n) is 5.29. The van der Waals surface area contributed by atoms with E-state index in [2.05, 4.69) is 52.3 Å². The number of nitrogens with zero attached hydrogens (tertiary/aromatic N) is 2. The SMILES string of the molecule is Cc1ccc(C(C)C)c(OCc2ccc(C(=O)Nc3nn(Cc4ccccc4F)cc3Br)o2)c1. The van der Waals surface area contributed by atoms with E-state index in [9.17, 15) is 9.18 Å². The zero-order chi connectivity index (χ0) is 24.2. The Hall–Kier alpha value is -3.39. The van der Waals surface area contributed by atoms with Gasteiger partial charge in [0.15, 0.2) is 11.6 Å². The number of carbonyl (C=O) groups is 1. The van der Waals surface area contributed by atoms with Crippen molar-refractivity contribution in [3.8, 4) is 5.75 Å². The summed E-state index contributed by atoms with van der Waals surface area (Å²) < 4.78 is 27.7. The lowest BCUT2D eigenvalue weighted by Gasteiger charge is -2.14. The van der Waals surface area contributed by atoms with Gasteiger partial charge in [-0.3, -0.25) is 9.48 Å². The fourth-order valence-corrected chi connectivity index (χ4v) is 3.92. The van der Waals surface area contributed by atoms with Crippen molar-refractivity contribution < 1.29 is 18.3 Å². The van der Waals surface area contributed by atoms with Gasteiger partial charge in [-0.2, -0.15) is 5.10 Å². The van der Waals surface area contributed by atoms with Crippen molar-refractivity contribution in [2.24, 2.45) is 0 Å². The highest BCUT2D eigenvalue weighted by atomic mass is 79.9. The summed E-state index contributed by atoms with van der Waals surface area (Å²) in [5.74, 6) is 1.37. The maximum absolute atomic E-state index is 13.9. The summed E-state index contributed by atoms with van der Waals surface area (Å²) in [5, 5.41) is 7.05. The van der Waals surface area contributed by atoms with E-state index < -0.39 is 5.91 Å². The molecule has 2 heterocycles. The molecule has 2 aromatic heterocycles. The predicted octanol–water partition coefficient (Wildman–Crippen LogP) is 6.69. The number of hydrogen-bond donors (Lipinski definition) is 1. The van der Waals surface area contributed by atoms with Gasteiger partial charge in [0.2, 0.25) is 0 Å². The van der Waals surface area contributed by atoms with E-state index in [1.54, 1.807) is 41.2 Å². The molecule has 2 aromatic carbocycles. The van der Waals surface area contributed by atoms with Crippen LogP contribution in [0.15, 0.2) is 69.7 Å². The molecule has 8 heteroatoms. The first-order chi connectivity index (χ1) is 16.3. The Morgan fingerprint density at radius 1 is 1.21 bits per heavy atom. The van der Waals surface area contributed by atoms with E-state index in [4.69, 9.17) is 9.15 Å². The first-order valence-electron chi connectivity index (χ1n) is 10.9. The van der Waals surface area contributed by atoms with Gasteiger partial charge in [0.25, 0.3) is 5.91 Å². The minimum absolute atomic E-state index is 0.141. The number of halogens is 2. The van der Waals surface area contributed by atoms with Crippen LogP contribution in [0.1, 0.15) is 52.8 Å². The van der Waals surface area contributed by atoms with E-state index >= 15 is 0 Å². The second kappa shape index (κ2) is 10.3. The summed E-state index contributed by atoms with van der Waals surface area (Å²) in [5.41, 5.74) is 2.73. The first kappa shape index (κ1) is 23.8. The molecule has 0 saturated carbocycles. The Kier molecular flexibility index (Phi) is 7.17. The van der Waals surface area contributed by atoms with Gasteiger partial charge in [0.1, 0.15) is 23.9 Å². The van der Waals surface area contributed by atoms with E-state index in [-0.39, 0.29) is 24.7 Å². The monoisotopic (exact) mass is 525 g/mol. The summed E-state index contributed by atoms with van der Waals surface area (Å²) >= 11 is 3.39. The Morgan fingerprint density at radius 3 is 2.76 bits per heavy atom. The average molecular weight is 526 g/mol.